The number of nitrogens with one attached hydrogen (secondary N) is 2. The van der Waals surface area contributed by atoms with Crippen molar-refractivity contribution in [2.45, 2.75) is 44.2 Å². The summed E-state index contributed by atoms with van der Waals surface area (Å²) in [6.45, 7) is 4.60. The maximum Gasteiger partial charge on any atom is 0.255 e. The van der Waals surface area contributed by atoms with E-state index in [1.54, 1.807) is 24.3 Å². The van der Waals surface area contributed by atoms with Gasteiger partial charge in [-0.15, -0.1) is 0 Å². The molecule has 1 heterocycles. The predicted octanol–water partition coefficient (Wildman–Crippen LogP) is 3.24. The van der Waals surface area contributed by atoms with Gasteiger partial charge in [0.15, 0.2) is 0 Å². The molecule has 0 spiro atoms. The SMILES string of the molecule is Cc1cc(C)n(Cc2ccc(C(=O)Nc3cccc(S(=O)(=O)NC4CC4)c3)cc2)n1. The van der Waals surface area contributed by atoms with Crippen molar-refractivity contribution in [3.05, 3.63) is 77.1 Å². The predicted molar refractivity (Wildman–Crippen MR) is 115 cm³/mol. The van der Waals surface area contributed by atoms with Crippen LogP contribution in [0, 0.1) is 13.8 Å². The average molecular weight is 425 g/mol. The molecule has 2 N–H and O–H groups in total. The third kappa shape index (κ3) is 4.77. The van der Waals surface area contributed by atoms with Crippen LogP contribution in [0.15, 0.2) is 59.5 Å². The lowest BCUT2D eigenvalue weighted by Gasteiger charge is -2.10. The second kappa shape index (κ2) is 8.04. The van der Waals surface area contributed by atoms with E-state index in [0.717, 1.165) is 29.8 Å². The van der Waals surface area contributed by atoms with Gasteiger partial charge in [-0.3, -0.25) is 9.48 Å². The molecule has 0 atom stereocenters. The summed E-state index contributed by atoms with van der Waals surface area (Å²) >= 11 is 0. The van der Waals surface area contributed by atoms with Crippen molar-refractivity contribution < 1.29 is 13.2 Å². The third-order valence-electron chi connectivity index (χ3n) is 4.95. The average Bonchev–Trinajstić information content (AvgIpc) is 3.45. The molecule has 0 bridgehead atoms. The molecular formula is C22H24N4O3S. The van der Waals surface area contributed by atoms with E-state index in [2.05, 4.69) is 15.1 Å². The molecule has 0 radical (unpaired) electrons. The number of aryl methyl sites for hydroxylation is 2. The molecule has 30 heavy (non-hydrogen) atoms. The number of hydrogen-bond acceptors (Lipinski definition) is 4. The van der Waals surface area contributed by atoms with Gasteiger partial charge in [0.1, 0.15) is 0 Å². The normalized spacial score (nSPS) is 13.9. The second-order valence-electron chi connectivity index (χ2n) is 7.66. The van der Waals surface area contributed by atoms with Crippen molar-refractivity contribution in [1.29, 1.82) is 0 Å². The Morgan fingerprint density at radius 3 is 2.47 bits per heavy atom. The second-order valence-corrected chi connectivity index (χ2v) is 9.37. The molecule has 7 nitrogen and oxygen atoms in total. The highest BCUT2D eigenvalue weighted by atomic mass is 32.2. The van der Waals surface area contributed by atoms with Crippen LogP contribution in [0.1, 0.15) is 40.2 Å². The number of nitrogens with zero attached hydrogens (tertiary/aromatic N) is 2. The van der Waals surface area contributed by atoms with Crippen molar-refractivity contribution in [2.24, 2.45) is 0 Å². The lowest BCUT2D eigenvalue weighted by Crippen LogP contribution is -2.25. The van der Waals surface area contributed by atoms with Gasteiger partial charge in [0, 0.05) is 23.0 Å². The Morgan fingerprint density at radius 1 is 1.10 bits per heavy atom. The van der Waals surface area contributed by atoms with Crippen LogP contribution < -0.4 is 10.0 Å². The first kappa shape index (κ1) is 20.3. The van der Waals surface area contributed by atoms with Gasteiger partial charge in [0.05, 0.1) is 17.1 Å². The fraction of sp³-hybridized carbons (Fsp3) is 0.273. The fourth-order valence-corrected chi connectivity index (χ4v) is 4.55. The van der Waals surface area contributed by atoms with E-state index in [4.69, 9.17) is 0 Å². The van der Waals surface area contributed by atoms with E-state index in [1.807, 2.05) is 36.7 Å². The zero-order chi connectivity index (χ0) is 21.3. The van der Waals surface area contributed by atoms with E-state index in [0.29, 0.717) is 17.8 Å². The Hall–Kier alpha value is -2.97. The Labute approximate surface area is 176 Å². The third-order valence-corrected chi connectivity index (χ3v) is 6.47. The summed E-state index contributed by atoms with van der Waals surface area (Å²) < 4.78 is 29.3. The highest BCUT2D eigenvalue weighted by Gasteiger charge is 2.28. The van der Waals surface area contributed by atoms with E-state index >= 15 is 0 Å². The smallest absolute Gasteiger partial charge is 0.255 e. The molecule has 1 aliphatic rings. The molecule has 2 aromatic carbocycles. The molecule has 0 unspecified atom stereocenters. The Morgan fingerprint density at radius 2 is 1.83 bits per heavy atom. The van der Waals surface area contributed by atoms with E-state index in [1.165, 1.54) is 12.1 Å². The van der Waals surface area contributed by atoms with Crippen molar-refractivity contribution in [1.82, 2.24) is 14.5 Å². The van der Waals surface area contributed by atoms with E-state index in [9.17, 15) is 13.2 Å². The maximum atomic E-state index is 12.6. The summed E-state index contributed by atoms with van der Waals surface area (Å²) in [5, 5.41) is 7.22. The number of carbonyl (C=O) groups is 1. The number of rotatable bonds is 7. The molecule has 1 amide bonds. The Kier molecular flexibility index (Phi) is 5.44. The van der Waals surface area contributed by atoms with E-state index in [-0.39, 0.29) is 16.8 Å². The highest BCUT2D eigenvalue weighted by Crippen LogP contribution is 2.23. The van der Waals surface area contributed by atoms with Crippen LogP contribution in [0.5, 0.6) is 0 Å². The van der Waals surface area contributed by atoms with E-state index < -0.39 is 10.0 Å². The molecule has 3 aromatic rings. The summed E-state index contributed by atoms with van der Waals surface area (Å²) in [5.41, 5.74) is 4.03. The molecule has 1 aromatic heterocycles. The van der Waals surface area contributed by atoms with Crippen LogP contribution in [0.2, 0.25) is 0 Å². The van der Waals surface area contributed by atoms with Gasteiger partial charge in [-0.05, 0) is 68.7 Å². The van der Waals surface area contributed by atoms with Crippen molar-refractivity contribution in [3.8, 4) is 0 Å². The zero-order valence-electron chi connectivity index (χ0n) is 16.9. The number of hydrogen-bond donors (Lipinski definition) is 2. The minimum atomic E-state index is -3.57. The van der Waals surface area contributed by atoms with Gasteiger partial charge in [-0.2, -0.15) is 5.10 Å². The topological polar surface area (TPSA) is 93.1 Å². The van der Waals surface area contributed by atoms with Crippen LogP contribution >= 0.6 is 0 Å². The van der Waals surface area contributed by atoms with Crippen LogP contribution in [0.4, 0.5) is 5.69 Å². The van der Waals surface area contributed by atoms with Crippen LogP contribution in [0.25, 0.3) is 0 Å². The summed E-state index contributed by atoms with van der Waals surface area (Å²) in [6, 6.07) is 15.6. The van der Waals surface area contributed by atoms with Gasteiger partial charge in [0.25, 0.3) is 5.91 Å². The molecule has 0 aliphatic heterocycles. The van der Waals surface area contributed by atoms with Crippen molar-refractivity contribution in [2.75, 3.05) is 5.32 Å². The first-order valence-corrected chi connectivity index (χ1v) is 11.3. The summed E-state index contributed by atoms with van der Waals surface area (Å²) in [5.74, 6) is -0.294. The van der Waals surface area contributed by atoms with Crippen molar-refractivity contribution >= 4 is 21.6 Å². The molecule has 0 saturated heterocycles. The number of benzene rings is 2. The van der Waals surface area contributed by atoms with Gasteiger partial charge in [-0.25, -0.2) is 13.1 Å². The number of carbonyl (C=O) groups excluding carboxylic acids is 1. The summed E-state index contributed by atoms with van der Waals surface area (Å²) in [6.07, 6.45) is 1.73. The number of sulfonamides is 1. The lowest BCUT2D eigenvalue weighted by atomic mass is 10.1. The molecule has 1 saturated carbocycles. The van der Waals surface area contributed by atoms with Gasteiger partial charge in [0.2, 0.25) is 10.0 Å². The largest absolute Gasteiger partial charge is 0.322 e. The van der Waals surface area contributed by atoms with Crippen LogP contribution in [-0.2, 0) is 16.6 Å². The molecule has 1 fully saturated rings. The maximum absolute atomic E-state index is 12.6. The van der Waals surface area contributed by atoms with Gasteiger partial charge >= 0.3 is 0 Å². The van der Waals surface area contributed by atoms with Gasteiger partial charge < -0.3 is 5.32 Å². The lowest BCUT2D eigenvalue weighted by molar-refractivity contribution is 0.102. The molecule has 4 rings (SSSR count). The molecule has 8 heteroatoms. The first-order chi connectivity index (χ1) is 14.3. The Bertz CT molecular complexity index is 1180. The van der Waals surface area contributed by atoms with Crippen LogP contribution in [-0.4, -0.2) is 30.1 Å². The fourth-order valence-electron chi connectivity index (χ4n) is 3.20. The minimum absolute atomic E-state index is 0.0289. The number of aromatic nitrogens is 2. The quantitative estimate of drug-likeness (QED) is 0.609. The first-order valence-electron chi connectivity index (χ1n) is 9.84. The monoisotopic (exact) mass is 424 g/mol. The number of amides is 1. The molecule has 156 valence electrons. The standard InChI is InChI=1S/C22H24N4O3S/c1-15-12-16(2)26(24-15)14-17-6-8-18(9-7-17)22(27)23-20-4-3-5-21(13-20)30(28,29)25-19-10-11-19/h3-9,12-13,19,25H,10-11,14H2,1-2H3,(H,23,27). The van der Waals surface area contributed by atoms with Crippen LogP contribution in [0.3, 0.4) is 0 Å². The zero-order valence-corrected chi connectivity index (χ0v) is 17.7. The Balaban J connectivity index is 1.43. The molecular weight excluding hydrogens is 400 g/mol. The van der Waals surface area contributed by atoms with Crippen molar-refractivity contribution in [3.63, 3.8) is 0 Å². The minimum Gasteiger partial charge on any atom is -0.322 e. The summed E-state index contributed by atoms with van der Waals surface area (Å²) in [7, 11) is -3.57. The highest BCUT2D eigenvalue weighted by molar-refractivity contribution is 7.89. The van der Waals surface area contributed by atoms with Gasteiger partial charge in [-0.1, -0.05) is 18.2 Å². The summed E-state index contributed by atoms with van der Waals surface area (Å²) in [4.78, 5) is 12.7. The number of anilines is 1. The molecule has 1 aliphatic carbocycles.